The minimum Gasteiger partial charge on any atom is -0.497 e. The van der Waals surface area contributed by atoms with E-state index in [-0.39, 0.29) is 17.7 Å². The highest BCUT2D eigenvalue weighted by molar-refractivity contribution is 5.95. The van der Waals surface area contributed by atoms with Gasteiger partial charge in [0.15, 0.2) is 11.6 Å². The predicted molar refractivity (Wildman–Crippen MR) is 126 cm³/mol. The molecule has 2 aliphatic rings. The maximum Gasteiger partial charge on any atom is 0.338 e. The number of urea groups is 1. The average molecular weight is 487 g/mol. The number of carbonyl (C=O) groups excluding carboxylic acids is 2. The van der Waals surface area contributed by atoms with Crippen LogP contribution in [0, 0.1) is 11.6 Å². The summed E-state index contributed by atoms with van der Waals surface area (Å²) >= 11 is 0. The number of anilines is 1. The number of ether oxygens (including phenoxy) is 2. The van der Waals surface area contributed by atoms with Gasteiger partial charge in [0.2, 0.25) is 0 Å². The third kappa shape index (κ3) is 5.54. The number of halogens is 2. The van der Waals surface area contributed by atoms with E-state index in [2.05, 4.69) is 20.4 Å². The molecule has 2 N–H and O–H groups in total. The molecule has 0 aromatic heterocycles. The number of amides is 2. The number of benzene rings is 2. The third-order valence-corrected chi connectivity index (χ3v) is 6.10. The van der Waals surface area contributed by atoms with Gasteiger partial charge in [-0.1, -0.05) is 12.1 Å². The molecule has 186 valence electrons. The summed E-state index contributed by atoms with van der Waals surface area (Å²) in [6.45, 7) is 4.98. The Morgan fingerprint density at radius 1 is 1.09 bits per heavy atom. The summed E-state index contributed by atoms with van der Waals surface area (Å²) in [7, 11) is 1.63. The fraction of sp³-hybridized carbons (Fsp3) is 0.360. The molecule has 2 aliphatic heterocycles. The van der Waals surface area contributed by atoms with Crippen molar-refractivity contribution in [1.82, 2.24) is 15.5 Å². The zero-order valence-electron chi connectivity index (χ0n) is 19.6. The van der Waals surface area contributed by atoms with Crippen LogP contribution in [0.1, 0.15) is 18.5 Å². The summed E-state index contributed by atoms with van der Waals surface area (Å²) in [5.41, 5.74) is 1.87. The van der Waals surface area contributed by atoms with Crippen molar-refractivity contribution in [2.45, 2.75) is 13.0 Å². The Labute approximate surface area is 202 Å². The summed E-state index contributed by atoms with van der Waals surface area (Å²) in [6.07, 6.45) is 0. The van der Waals surface area contributed by atoms with Gasteiger partial charge in [-0.2, -0.15) is 0 Å². The Hall–Kier alpha value is -3.66. The summed E-state index contributed by atoms with van der Waals surface area (Å²) in [6, 6.07) is 9.65. The smallest absolute Gasteiger partial charge is 0.338 e. The summed E-state index contributed by atoms with van der Waals surface area (Å²) in [5.74, 6) is -1.91. The molecule has 0 unspecified atom stereocenters. The van der Waals surface area contributed by atoms with Crippen LogP contribution in [0.5, 0.6) is 5.75 Å². The Morgan fingerprint density at radius 3 is 2.54 bits per heavy atom. The number of piperazine rings is 1. The molecule has 8 nitrogen and oxygen atoms in total. The number of hydrogen-bond donors (Lipinski definition) is 2. The molecule has 1 saturated heterocycles. The molecule has 2 aromatic carbocycles. The lowest BCUT2D eigenvalue weighted by atomic mass is 9.94. The van der Waals surface area contributed by atoms with Crippen molar-refractivity contribution in [2.75, 3.05) is 51.3 Å². The first-order chi connectivity index (χ1) is 16.9. The van der Waals surface area contributed by atoms with Crippen molar-refractivity contribution in [3.63, 3.8) is 0 Å². The van der Waals surface area contributed by atoms with Gasteiger partial charge in [0.05, 0.1) is 25.3 Å². The first-order valence-corrected chi connectivity index (χ1v) is 11.4. The van der Waals surface area contributed by atoms with Crippen LogP contribution in [0.2, 0.25) is 0 Å². The standard InChI is InChI=1S/C25H28F2N4O4/c1-3-35-24(32)22-21(28-25(33)29-23(22)16-7-8-19(26)20(27)13-16)15-30-9-11-31(12-10-30)17-5-4-6-18(14-17)34-2/h4-8,13-14,23H,3,9-12,15H2,1-2H3,(H2,28,29,33)/t23-/m0/s1. The molecule has 2 amide bonds. The van der Waals surface area contributed by atoms with Gasteiger partial charge in [-0.15, -0.1) is 0 Å². The van der Waals surface area contributed by atoms with Gasteiger partial charge >= 0.3 is 12.0 Å². The molecule has 0 aliphatic carbocycles. The quantitative estimate of drug-likeness (QED) is 0.586. The van der Waals surface area contributed by atoms with Gasteiger partial charge in [0, 0.05) is 50.2 Å². The molecule has 0 saturated carbocycles. The first-order valence-electron chi connectivity index (χ1n) is 11.4. The fourth-order valence-electron chi connectivity index (χ4n) is 4.33. The number of rotatable bonds is 7. The van der Waals surface area contributed by atoms with E-state index in [4.69, 9.17) is 9.47 Å². The molecule has 35 heavy (non-hydrogen) atoms. The van der Waals surface area contributed by atoms with Crippen LogP contribution >= 0.6 is 0 Å². The maximum atomic E-state index is 13.9. The van der Waals surface area contributed by atoms with E-state index in [0.29, 0.717) is 25.3 Å². The van der Waals surface area contributed by atoms with E-state index >= 15 is 0 Å². The molecule has 4 rings (SSSR count). The summed E-state index contributed by atoms with van der Waals surface area (Å²) in [4.78, 5) is 29.7. The third-order valence-electron chi connectivity index (χ3n) is 6.10. The van der Waals surface area contributed by atoms with Crippen molar-refractivity contribution in [1.29, 1.82) is 0 Å². The number of nitrogens with one attached hydrogen (secondary N) is 2. The molecule has 1 atom stereocenters. The lowest BCUT2D eigenvalue weighted by Gasteiger charge is -2.38. The van der Waals surface area contributed by atoms with Crippen LogP contribution in [0.25, 0.3) is 0 Å². The van der Waals surface area contributed by atoms with Crippen molar-refractivity contribution >= 4 is 17.7 Å². The highest BCUT2D eigenvalue weighted by Gasteiger charge is 2.35. The fourth-order valence-corrected chi connectivity index (χ4v) is 4.33. The molecule has 0 radical (unpaired) electrons. The van der Waals surface area contributed by atoms with Gasteiger partial charge in [-0.25, -0.2) is 18.4 Å². The minimum absolute atomic E-state index is 0.132. The van der Waals surface area contributed by atoms with Crippen molar-refractivity contribution in [3.8, 4) is 5.75 Å². The molecule has 0 bridgehead atoms. The SMILES string of the molecule is CCOC(=O)C1=C(CN2CCN(c3cccc(OC)c3)CC2)NC(=O)N[C@H]1c1ccc(F)c(F)c1. The van der Waals surface area contributed by atoms with Gasteiger partial charge in [0.25, 0.3) is 0 Å². The van der Waals surface area contributed by atoms with Gasteiger partial charge < -0.3 is 25.0 Å². The largest absolute Gasteiger partial charge is 0.497 e. The number of methoxy groups -OCH3 is 1. The zero-order valence-corrected chi connectivity index (χ0v) is 19.6. The van der Waals surface area contributed by atoms with Crippen LogP contribution in [-0.4, -0.2) is 63.3 Å². The summed E-state index contributed by atoms with van der Waals surface area (Å²) < 4.78 is 38.0. The predicted octanol–water partition coefficient (Wildman–Crippen LogP) is 2.97. The molecule has 2 heterocycles. The Bertz CT molecular complexity index is 1130. The van der Waals surface area contributed by atoms with Crippen molar-refractivity contribution in [2.24, 2.45) is 0 Å². The molecule has 1 fully saturated rings. The number of nitrogens with zero attached hydrogens (tertiary/aromatic N) is 2. The highest BCUT2D eigenvalue weighted by Crippen LogP contribution is 2.29. The van der Waals surface area contributed by atoms with E-state index in [1.807, 2.05) is 24.3 Å². The molecular formula is C25H28F2N4O4. The maximum absolute atomic E-state index is 13.9. The molecule has 10 heteroatoms. The second-order valence-corrected chi connectivity index (χ2v) is 8.28. The van der Waals surface area contributed by atoms with E-state index < -0.39 is 29.7 Å². The summed E-state index contributed by atoms with van der Waals surface area (Å²) in [5, 5.41) is 5.36. The van der Waals surface area contributed by atoms with Gasteiger partial charge in [-0.3, -0.25) is 4.90 Å². The lowest BCUT2D eigenvalue weighted by molar-refractivity contribution is -0.139. The van der Waals surface area contributed by atoms with Gasteiger partial charge in [0.1, 0.15) is 5.75 Å². The topological polar surface area (TPSA) is 83.1 Å². The van der Waals surface area contributed by atoms with E-state index in [1.165, 1.54) is 6.07 Å². The average Bonchev–Trinajstić information content (AvgIpc) is 2.86. The van der Waals surface area contributed by atoms with Crippen LogP contribution in [-0.2, 0) is 9.53 Å². The normalized spacial score (nSPS) is 18.7. The minimum atomic E-state index is -1.06. The second-order valence-electron chi connectivity index (χ2n) is 8.28. The Balaban J connectivity index is 1.56. The molecule has 0 spiro atoms. The van der Waals surface area contributed by atoms with Gasteiger partial charge in [-0.05, 0) is 36.8 Å². The first kappa shape index (κ1) is 24.5. The number of esters is 1. The van der Waals surface area contributed by atoms with Crippen molar-refractivity contribution < 1.29 is 27.8 Å². The van der Waals surface area contributed by atoms with Crippen LogP contribution in [0.4, 0.5) is 19.3 Å². The molecular weight excluding hydrogens is 458 g/mol. The Kier molecular flexibility index (Phi) is 7.50. The van der Waals surface area contributed by atoms with Crippen LogP contribution < -0.4 is 20.3 Å². The van der Waals surface area contributed by atoms with E-state index in [0.717, 1.165) is 36.7 Å². The highest BCUT2D eigenvalue weighted by atomic mass is 19.2. The molecule has 2 aromatic rings. The van der Waals surface area contributed by atoms with E-state index in [9.17, 15) is 18.4 Å². The number of hydrogen-bond acceptors (Lipinski definition) is 6. The van der Waals surface area contributed by atoms with Crippen LogP contribution in [0.3, 0.4) is 0 Å². The lowest BCUT2D eigenvalue weighted by Crippen LogP contribution is -2.51. The van der Waals surface area contributed by atoms with Crippen molar-refractivity contribution in [3.05, 3.63) is 70.9 Å². The second kappa shape index (κ2) is 10.7. The van der Waals surface area contributed by atoms with Crippen LogP contribution in [0.15, 0.2) is 53.7 Å². The Morgan fingerprint density at radius 2 is 1.86 bits per heavy atom. The van der Waals surface area contributed by atoms with E-state index in [1.54, 1.807) is 14.0 Å². The number of carbonyl (C=O) groups is 2. The zero-order chi connectivity index (χ0) is 24.9. The monoisotopic (exact) mass is 486 g/mol.